The molecule has 0 aliphatic heterocycles. The van der Waals surface area contributed by atoms with Crippen molar-refractivity contribution in [1.82, 2.24) is 0 Å². The lowest BCUT2D eigenvalue weighted by Crippen LogP contribution is -2.11. The molecule has 1 aromatic heterocycles. The number of nitrogens with zero attached hydrogens (tertiary/aromatic N) is 1. The van der Waals surface area contributed by atoms with Gasteiger partial charge in [-0.3, -0.25) is 0 Å². The normalized spacial score (nSPS) is 11.5. The van der Waals surface area contributed by atoms with Crippen molar-refractivity contribution in [1.29, 1.82) is 0 Å². The zero-order valence-electron chi connectivity index (χ0n) is 33.9. The molecule has 0 bridgehead atoms. The number of anilines is 3. The molecule has 0 unspecified atom stereocenters. The van der Waals surface area contributed by atoms with Gasteiger partial charge in [0.2, 0.25) is 0 Å². The molecule has 0 fully saturated rings. The first-order valence-corrected chi connectivity index (χ1v) is 21.2. The fourth-order valence-electron chi connectivity index (χ4n) is 9.35. The van der Waals surface area contributed by atoms with Crippen LogP contribution in [0, 0.1) is 0 Å². The highest BCUT2D eigenvalue weighted by atomic mass is 16.3. The molecule has 0 amide bonds. The van der Waals surface area contributed by atoms with Gasteiger partial charge in [-0.1, -0.05) is 182 Å². The number of fused-ring (bicyclic) bond motifs is 7. The van der Waals surface area contributed by atoms with Gasteiger partial charge < -0.3 is 9.32 Å². The predicted molar refractivity (Wildman–Crippen MR) is 263 cm³/mol. The second kappa shape index (κ2) is 14.8. The summed E-state index contributed by atoms with van der Waals surface area (Å²) in [7, 11) is 0. The van der Waals surface area contributed by atoms with Gasteiger partial charge in [-0.15, -0.1) is 0 Å². The maximum Gasteiger partial charge on any atom is 0.136 e. The summed E-state index contributed by atoms with van der Waals surface area (Å²) in [4.78, 5) is 2.39. The van der Waals surface area contributed by atoms with Gasteiger partial charge in [0.1, 0.15) is 11.2 Å². The van der Waals surface area contributed by atoms with Crippen molar-refractivity contribution in [2.75, 3.05) is 4.90 Å². The predicted octanol–water partition coefficient (Wildman–Crippen LogP) is 17.2. The van der Waals surface area contributed by atoms with E-state index in [0.29, 0.717) is 0 Å². The van der Waals surface area contributed by atoms with E-state index in [4.69, 9.17) is 4.42 Å². The molecule has 0 saturated heterocycles. The first-order chi connectivity index (χ1) is 30.7. The lowest BCUT2D eigenvalue weighted by molar-refractivity contribution is 0.669. The highest BCUT2D eigenvalue weighted by Crippen LogP contribution is 2.44. The first kappa shape index (κ1) is 35.7. The molecule has 0 aliphatic carbocycles. The standard InChI is InChI=1S/C60H39NO/c1-2-12-46-38-47(26-24-40(46)10-1)43-22-20-41(21-23-43)42-28-33-50(34-29-42)61(51-35-30-45(31-36-51)55-16-9-19-59-60(55)56-15-6-8-18-58(56)62-59)57-17-7-5-14-54(57)49-32-37-53-48(39-49)27-25-44-11-3-4-13-52(44)53/h1-39H. The van der Waals surface area contributed by atoms with E-state index in [0.717, 1.165) is 55.7 Å². The Morgan fingerprint density at radius 3 is 1.56 bits per heavy atom. The van der Waals surface area contributed by atoms with Gasteiger partial charge in [-0.05, 0) is 126 Å². The van der Waals surface area contributed by atoms with E-state index in [1.807, 2.05) is 12.1 Å². The summed E-state index contributed by atoms with van der Waals surface area (Å²) in [5.74, 6) is 0. The lowest BCUT2D eigenvalue weighted by atomic mass is 9.95. The van der Waals surface area contributed by atoms with Gasteiger partial charge >= 0.3 is 0 Å². The number of furan rings is 1. The molecule has 12 aromatic rings. The number of benzene rings is 11. The van der Waals surface area contributed by atoms with Gasteiger partial charge in [-0.25, -0.2) is 0 Å². The molecular formula is C60H39NO. The fraction of sp³-hybridized carbons (Fsp3) is 0. The third-order valence-corrected chi connectivity index (χ3v) is 12.5. The van der Waals surface area contributed by atoms with Crippen LogP contribution in [0.2, 0.25) is 0 Å². The molecule has 0 atom stereocenters. The van der Waals surface area contributed by atoms with Crippen molar-refractivity contribution in [2.24, 2.45) is 0 Å². The van der Waals surface area contributed by atoms with Crippen LogP contribution in [0.4, 0.5) is 17.1 Å². The van der Waals surface area contributed by atoms with Crippen LogP contribution in [0.25, 0.3) is 98.8 Å². The van der Waals surface area contributed by atoms with E-state index < -0.39 is 0 Å². The minimum absolute atomic E-state index is 0.898. The maximum atomic E-state index is 6.27. The molecular weight excluding hydrogens is 751 g/mol. The Morgan fingerprint density at radius 1 is 0.274 bits per heavy atom. The van der Waals surface area contributed by atoms with E-state index in [-0.39, 0.29) is 0 Å². The summed E-state index contributed by atoms with van der Waals surface area (Å²) < 4.78 is 6.27. The van der Waals surface area contributed by atoms with Crippen LogP contribution in [0.3, 0.4) is 0 Å². The van der Waals surface area contributed by atoms with E-state index in [2.05, 4.69) is 229 Å². The summed E-state index contributed by atoms with van der Waals surface area (Å²) in [6.07, 6.45) is 0. The zero-order chi connectivity index (χ0) is 41.0. The lowest BCUT2D eigenvalue weighted by Gasteiger charge is -2.28. The Kier molecular flexibility index (Phi) is 8.53. The minimum atomic E-state index is 0.898. The van der Waals surface area contributed by atoms with Crippen LogP contribution in [0.1, 0.15) is 0 Å². The van der Waals surface area contributed by atoms with E-state index in [1.54, 1.807) is 0 Å². The molecule has 0 radical (unpaired) electrons. The topological polar surface area (TPSA) is 16.4 Å². The van der Waals surface area contributed by atoms with Gasteiger partial charge in [0, 0.05) is 27.7 Å². The maximum absolute atomic E-state index is 6.27. The van der Waals surface area contributed by atoms with E-state index in [1.165, 1.54) is 60.1 Å². The largest absolute Gasteiger partial charge is 0.456 e. The number of hydrogen-bond acceptors (Lipinski definition) is 2. The van der Waals surface area contributed by atoms with Gasteiger partial charge in [-0.2, -0.15) is 0 Å². The third kappa shape index (κ3) is 6.20. The minimum Gasteiger partial charge on any atom is -0.456 e. The molecule has 2 heteroatoms. The van der Waals surface area contributed by atoms with Crippen LogP contribution >= 0.6 is 0 Å². The molecule has 62 heavy (non-hydrogen) atoms. The Labute approximate surface area is 360 Å². The van der Waals surface area contributed by atoms with E-state index >= 15 is 0 Å². The van der Waals surface area contributed by atoms with Crippen molar-refractivity contribution in [2.45, 2.75) is 0 Å². The summed E-state index contributed by atoms with van der Waals surface area (Å²) in [6, 6.07) is 85.6. The summed E-state index contributed by atoms with van der Waals surface area (Å²) in [5, 5.41) is 9.80. The smallest absolute Gasteiger partial charge is 0.136 e. The van der Waals surface area contributed by atoms with Gasteiger partial charge in [0.15, 0.2) is 0 Å². The van der Waals surface area contributed by atoms with Crippen molar-refractivity contribution < 1.29 is 4.42 Å². The van der Waals surface area contributed by atoms with Crippen molar-refractivity contribution >= 4 is 71.3 Å². The Morgan fingerprint density at radius 2 is 0.774 bits per heavy atom. The van der Waals surface area contributed by atoms with Crippen molar-refractivity contribution in [3.63, 3.8) is 0 Å². The average Bonchev–Trinajstić information content (AvgIpc) is 3.74. The van der Waals surface area contributed by atoms with E-state index in [9.17, 15) is 0 Å². The van der Waals surface area contributed by atoms with Crippen LogP contribution in [-0.4, -0.2) is 0 Å². The summed E-state index contributed by atoms with van der Waals surface area (Å²) in [6.45, 7) is 0. The average molecular weight is 790 g/mol. The summed E-state index contributed by atoms with van der Waals surface area (Å²) in [5.41, 5.74) is 14.5. The molecule has 0 saturated carbocycles. The van der Waals surface area contributed by atoms with Crippen LogP contribution in [-0.2, 0) is 0 Å². The molecule has 0 aliphatic rings. The monoisotopic (exact) mass is 789 g/mol. The molecule has 0 N–H and O–H groups in total. The number of para-hydroxylation sites is 2. The number of rotatable bonds is 7. The quantitative estimate of drug-likeness (QED) is 0.150. The second-order valence-electron chi connectivity index (χ2n) is 16.1. The van der Waals surface area contributed by atoms with Crippen LogP contribution < -0.4 is 4.90 Å². The summed E-state index contributed by atoms with van der Waals surface area (Å²) >= 11 is 0. The highest BCUT2D eigenvalue weighted by molar-refractivity contribution is 6.12. The van der Waals surface area contributed by atoms with Crippen molar-refractivity contribution in [3.8, 4) is 44.5 Å². The van der Waals surface area contributed by atoms with Crippen molar-refractivity contribution in [3.05, 3.63) is 237 Å². The van der Waals surface area contributed by atoms with Crippen LogP contribution in [0.15, 0.2) is 241 Å². The number of hydrogen-bond donors (Lipinski definition) is 0. The van der Waals surface area contributed by atoms with Crippen LogP contribution in [0.5, 0.6) is 0 Å². The molecule has 0 spiro atoms. The second-order valence-corrected chi connectivity index (χ2v) is 16.1. The Balaban J connectivity index is 0.947. The Hall–Kier alpha value is -8.20. The van der Waals surface area contributed by atoms with Gasteiger partial charge in [0.05, 0.1) is 5.69 Å². The SMILES string of the molecule is c1ccc(N(c2ccc(-c3ccc(-c4ccc5ccccc5c4)cc3)cc2)c2ccc(-c3cccc4oc5ccccc5c34)cc2)c(-c2ccc3c(ccc4ccccc43)c2)c1. The third-order valence-electron chi connectivity index (χ3n) is 12.5. The first-order valence-electron chi connectivity index (χ1n) is 21.2. The zero-order valence-corrected chi connectivity index (χ0v) is 33.9. The molecule has 290 valence electrons. The molecule has 11 aromatic carbocycles. The van der Waals surface area contributed by atoms with Gasteiger partial charge in [0.25, 0.3) is 0 Å². The molecule has 12 rings (SSSR count). The molecule has 2 nitrogen and oxygen atoms in total. The highest BCUT2D eigenvalue weighted by Gasteiger charge is 2.19. The Bertz CT molecular complexity index is 3620. The fourth-order valence-corrected chi connectivity index (χ4v) is 9.35. The molecule has 1 heterocycles.